The molecule has 1 amide bonds. The van der Waals surface area contributed by atoms with E-state index >= 15 is 0 Å². The van der Waals surface area contributed by atoms with Crippen LogP contribution in [0.2, 0.25) is 0 Å². The van der Waals surface area contributed by atoms with Crippen LogP contribution in [0.1, 0.15) is 37.1 Å². The van der Waals surface area contributed by atoms with Crippen molar-refractivity contribution in [2.75, 3.05) is 25.5 Å². The normalized spacial score (nSPS) is 13.0. The van der Waals surface area contributed by atoms with Crippen molar-refractivity contribution in [1.29, 1.82) is 0 Å². The molecule has 0 bridgehead atoms. The Morgan fingerprint density at radius 1 is 1.06 bits per heavy atom. The van der Waals surface area contributed by atoms with E-state index in [4.69, 9.17) is 9.47 Å². The van der Waals surface area contributed by atoms with E-state index in [1.54, 1.807) is 0 Å². The van der Waals surface area contributed by atoms with Crippen LogP contribution in [-0.2, 0) is 11.3 Å². The summed E-state index contributed by atoms with van der Waals surface area (Å²) in [5.74, 6) is 3.33. The second-order valence-corrected chi connectivity index (χ2v) is 8.52. The van der Waals surface area contributed by atoms with Gasteiger partial charge < -0.3 is 19.4 Å². The molecular weight excluding hydrogens is 424 g/mol. The molecule has 32 heavy (non-hydrogen) atoms. The van der Waals surface area contributed by atoms with Gasteiger partial charge in [-0.2, -0.15) is 0 Å². The molecule has 1 aromatic heterocycles. The van der Waals surface area contributed by atoms with Crippen LogP contribution in [0.5, 0.6) is 11.5 Å². The van der Waals surface area contributed by atoms with Gasteiger partial charge in [0, 0.05) is 5.92 Å². The smallest absolute Gasteiger partial charge is 0.230 e. The fourth-order valence-electron chi connectivity index (χ4n) is 3.30. The minimum absolute atomic E-state index is 0.0486. The first-order valence-electron chi connectivity index (χ1n) is 10.9. The number of ether oxygens (including phenoxy) is 2. The summed E-state index contributed by atoms with van der Waals surface area (Å²) in [7, 11) is 0. The number of nitrogens with zero attached hydrogens (tertiary/aromatic N) is 3. The SMILES string of the molecule is CCOc1ccc(OCCNC(=O)CSc2nnc(C3CC3)n2Cc2ccccc2)cc1. The summed E-state index contributed by atoms with van der Waals surface area (Å²) < 4.78 is 13.2. The topological polar surface area (TPSA) is 78.3 Å². The van der Waals surface area contributed by atoms with E-state index in [0.717, 1.165) is 41.9 Å². The zero-order valence-corrected chi connectivity index (χ0v) is 19.0. The molecule has 0 aliphatic heterocycles. The Hall–Kier alpha value is -3.00. The first-order valence-corrected chi connectivity index (χ1v) is 11.9. The molecule has 1 saturated carbocycles. The van der Waals surface area contributed by atoms with Gasteiger partial charge in [-0.05, 0) is 49.6 Å². The lowest BCUT2D eigenvalue weighted by Crippen LogP contribution is -2.29. The molecule has 1 heterocycles. The lowest BCUT2D eigenvalue weighted by molar-refractivity contribution is -0.118. The third-order valence-electron chi connectivity index (χ3n) is 5.03. The van der Waals surface area contributed by atoms with E-state index in [-0.39, 0.29) is 5.91 Å². The maximum Gasteiger partial charge on any atom is 0.230 e. The van der Waals surface area contributed by atoms with Gasteiger partial charge in [-0.15, -0.1) is 10.2 Å². The number of hydrogen-bond donors (Lipinski definition) is 1. The van der Waals surface area contributed by atoms with E-state index in [1.807, 2.05) is 49.4 Å². The molecule has 1 aliphatic rings. The van der Waals surface area contributed by atoms with E-state index in [2.05, 4.69) is 32.2 Å². The molecule has 1 fully saturated rings. The highest BCUT2D eigenvalue weighted by Gasteiger charge is 2.30. The van der Waals surface area contributed by atoms with Crippen LogP contribution < -0.4 is 14.8 Å². The number of rotatable bonds is 12. The van der Waals surface area contributed by atoms with Gasteiger partial charge in [0.2, 0.25) is 5.91 Å². The van der Waals surface area contributed by atoms with Crippen molar-refractivity contribution in [1.82, 2.24) is 20.1 Å². The molecule has 0 spiro atoms. The fraction of sp³-hybridized carbons (Fsp3) is 0.375. The van der Waals surface area contributed by atoms with Crippen LogP contribution in [-0.4, -0.2) is 46.2 Å². The summed E-state index contributed by atoms with van der Waals surface area (Å²) in [5.41, 5.74) is 1.20. The third kappa shape index (κ3) is 6.26. The van der Waals surface area contributed by atoms with Gasteiger partial charge in [0.15, 0.2) is 5.16 Å². The number of aromatic nitrogens is 3. The van der Waals surface area contributed by atoms with Crippen molar-refractivity contribution in [3.8, 4) is 11.5 Å². The van der Waals surface area contributed by atoms with Crippen molar-refractivity contribution >= 4 is 17.7 Å². The highest BCUT2D eigenvalue weighted by Crippen LogP contribution is 2.40. The molecule has 7 nitrogen and oxygen atoms in total. The predicted octanol–water partition coefficient (Wildman–Crippen LogP) is 3.89. The zero-order valence-electron chi connectivity index (χ0n) is 18.2. The summed E-state index contributed by atoms with van der Waals surface area (Å²) in [6, 6.07) is 17.7. The average Bonchev–Trinajstić information content (AvgIpc) is 3.59. The van der Waals surface area contributed by atoms with Crippen molar-refractivity contribution < 1.29 is 14.3 Å². The molecule has 0 unspecified atom stereocenters. The number of hydrogen-bond acceptors (Lipinski definition) is 6. The lowest BCUT2D eigenvalue weighted by Gasteiger charge is -2.10. The van der Waals surface area contributed by atoms with E-state index < -0.39 is 0 Å². The Morgan fingerprint density at radius 3 is 2.47 bits per heavy atom. The zero-order chi connectivity index (χ0) is 22.2. The molecule has 8 heteroatoms. The summed E-state index contributed by atoms with van der Waals surface area (Å²) in [6.07, 6.45) is 2.32. The van der Waals surface area contributed by atoms with Crippen molar-refractivity contribution in [3.63, 3.8) is 0 Å². The van der Waals surface area contributed by atoms with Crippen LogP contribution in [0.3, 0.4) is 0 Å². The number of thioether (sulfide) groups is 1. The summed E-state index contributed by atoms with van der Waals surface area (Å²) in [4.78, 5) is 12.3. The van der Waals surface area contributed by atoms with Gasteiger partial charge in [-0.3, -0.25) is 4.79 Å². The molecule has 168 valence electrons. The highest BCUT2D eigenvalue weighted by molar-refractivity contribution is 7.99. The minimum atomic E-state index is -0.0486. The predicted molar refractivity (Wildman–Crippen MR) is 124 cm³/mol. The molecule has 2 aromatic carbocycles. The van der Waals surface area contributed by atoms with Gasteiger partial charge in [-0.1, -0.05) is 42.1 Å². The number of benzene rings is 2. The molecule has 0 atom stereocenters. The van der Waals surface area contributed by atoms with Crippen molar-refractivity contribution in [2.24, 2.45) is 0 Å². The standard InChI is InChI=1S/C24H28N4O3S/c1-2-30-20-10-12-21(13-11-20)31-15-14-25-22(29)17-32-24-27-26-23(19-8-9-19)28(24)16-18-6-4-3-5-7-18/h3-7,10-13,19H,2,8-9,14-17H2,1H3,(H,25,29). The van der Waals surface area contributed by atoms with Gasteiger partial charge in [-0.25, -0.2) is 0 Å². The number of carbonyl (C=O) groups excluding carboxylic acids is 1. The van der Waals surface area contributed by atoms with Gasteiger partial charge in [0.05, 0.1) is 25.4 Å². The van der Waals surface area contributed by atoms with Crippen LogP contribution >= 0.6 is 11.8 Å². The Morgan fingerprint density at radius 2 is 1.78 bits per heavy atom. The molecular formula is C24H28N4O3S. The first-order chi connectivity index (χ1) is 15.7. The molecule has 1 aliphatic carbocycles. The quantitative estimate of drug-likeness (QED) is 0.332. The number of amides is 1. The molecule has 4 rings (SSSR count). The van der Waals surface area contributed by atoms with Crippen LogP contribution in [0.15, 0.2) is 59.8 Å². The number of carbonyl (C=O) groups is 1. The molecule has 0 saturated heterocycles. The Bertz CT molecular complexity index is 1000. The average molecular weight is 453 g/mol. The van der Waals surface area contributed by atoms with E-state index in [1.165, 1.54) is 17.3 Å². The van der Waals surface area contributed by atoms with Crippen LogP contribution in [0, 0.1) is 0 Å². The van der Waals surface area contributed by atoms with E-state index in [0.29, 0.717) is 31.4 Å². The number of nitrogens with one attached hydrogen (secondary N) is 1. The van der Waals surface area contributed by atoms with Gasteiger partial charge >= 0.3 is 0 Å². The lowest BCUT2D eigenvalue weighted by atomic mass is 10.2. The Labute approximate surface area is 192 Å². The monoisotopic (exact) mass is 452 g/mol. The second-order valence-electron chi connectivity index (χ2n) is 7.58. The van der Waals surface area contributed by atoms with Crippen LogP contribution in [0.25, 0.3) is 0 Å². The minimum Gasteiger partial charge on any atom is -0.494 e. The summed E-state index contributed by atoms with van der Waals surface area (Å²) >= 11 is 1.42. The molecule has 3 aromatic rings. The maximum atomic E-state index is 12.3. The second kappa shape index (κ2) is 11.0. The van der Waals surface area contributed by atoms with E-state index in [9.17, 15) is 4.79 Å². The third-order valence-corrected chi connectivity index (χ3v) is 6.00. The first kappa shape index (κ1) is 22.2. The summed E-state index contributed by atoms with van der Waals surface area (Å²) in [6.45, 7) is 4.15. The highest BCUT2D eigenvalue weighted by atomic mass is 32.2. The van der Waals surface area contributed by atoms with Crippen LogP contribution in [0.4, 0.5) is 0 Å². The van der Waals surface area contributed by atoms with Crippen molar-refractivity contribution in [2.45, 2.75) is 37.4 Å². The largest absolute Gasteiger partial charge is 0.494 e. The fourth-order valence-corrected chi connectivity index (χ4v) is 4.08. The maximum absolute atomic E-state index is 12.3. The van der Waals surface area contributed by atoms with Gasteiger partial charge in [0.25, 0.3) is 0 Å². The Balaban J connectivity index is 1.23. The molecule has 1 N–H and O–H groups in total. The van der Waals surface area contributed by atoms with Crippen molar-refractivity contribution in [3.05, 3.63) is 66.0 Å². The Kier molecular flexibility index (Phi) is 7.66. The van der Waals surface area contributed by atoms with Gasteiger partial charge in [0.1, 0.15) is 23.9 Å². The summed E-state index contributed by atoms with van der Waals surface area (Å²) in [5, 5.41) is 12.5. The molecule has 0 radical (unpaired) electrons.